The second-order valence-corrected chi connectivity index (χ2v) is 7.41. The number of carbonyl (C=O) groups is 1. The molecule has 0 radical (unpaired) electrons. The minimum atomic E-state index is -0.512. The normalized spacial score (nSPS) is 39.6. The average molecular weight is 294 g/mol. The van der Waals surface area contributed by atoms with Crippen molar-refractivity contribution in [1.82, 2.24) is 0 Å². The molecule has 1 spiro atoms. The molecule has 5 aliphatic rings. The van der Waals surface area contributed by atoms with E-state index < -0.39 is 5.41 Å². The van der Waals surface area contributed by atoms with E-state index in [-0.39, 0.29) is 23.4 Å². The molecule has 0 N–H and O–H groups in total. The van der Waals surface area contributed by atoms with E-state index in [1.54, 1.807) is 12.1 Å². The summed E-state index contributed by atoms with van der Waals surface area (Å²) < 4.78 is 5.76. The van der Waals surface area contributed by atoms with Crippen LogP contribution < -0.4 is 5.43 Å². The number of aryl methyl sites for hydroxylation is 1. The van der Waals surface area contributed by atoms with Gasteiger partial charge in [0.15, 0.2) is 5.43 Å². The Kier molecular flexibility index (Phi) is 2.13. The Labute approximate surface area is 129 Å². The smallest absolute Gasteiger partial charge is 0.317 e. The van der Waals surface area contributed by atoms with Crippen molar-refractivity contribution in [3.63, 3.8) is 0 Å². The molecule has 1 saturated carbocycles. The Bertz CT molecular complexity index is 822. The van der Waals surface area contributed by atoms with Gasteiger partial charge in [-0.15, -0.1) is 0 Å². The lowest BCUT2D eigenvalue weighted by molar-refractivity contribution is -0.197. The molecule has 3 fully saturated rings. The zero-order chi connectivity index (χ0) is 15.2. The first kappa shape index (κ1) is 12.6. The zero-order valence-corrected chi connectivity index (χ0v) is 12.8. The Morgan fingerprint density at radius 3 is 2.86 bits per heavy atom. The highest BCUT2D eigenvalue weighted by Gasteiger charge is 2.66. The van der Waals surface area contributed by atoms with Crippen LogP contribution in [-0.2, 0) is 16.0 Å². The van der Waals surface area contributed by atoms with Crippen molar-refractivity contribution in [2.75, 3.05) is 0 Å². The molecule has 2 saturated heterocycles. The third-order valence-electron chi connectivity index (χ3n) is 6.49. The van der Waals surface area contributed by atoms with E-state index in [1.165, 1.54) is 11.1 Å². The summed E-state index contributed by atoms with van der Waals surface area (Å²) in [4.78, 5) is 24.7. The van der Waals surface area contributed by atoms with Crippen molar-refractivity contribution in [3.05, 3.63) is 50.7 Å². The summed E-state index contributed by atoms with van der Waals surface area (Å²) in [5.74, 6) is 0.818. The van der Waals surface area contributed by atoms with Crippen LogP contribution in [0.4, 0.5) is 0 Å². The molecular weight excluding hydrogens is 276 g/mol. The van der Waals surface area contributed by atoms with Crippen LogP contribution >= 0.6 is 0 Å². The maximum absolute atomic E-state index is 12.7. The number of fused-ring (bicyclic) bond motifs is 2. The van der Waals surface area contributed by atoms with E-state index in [9.17, 15) is 9.59 Å². The molecule has 0 aromatic heterocycles. The first-order chi connectivity index (χ1) is 10.5. The lowest BCUT2D eigenvalue weighted by Crippen LogP contribution is -2.59. The SMILES string of the molecule is Cc1cc(=O)cc2c3c1C[C@H]1[C@@H]3[C@]3(C=C2)C(=O)O[C@@H]1CC3C. The van der Waals surface area contributed by atoms with Crippen molar-refractivity contribution in [2.24, 2.45) is 17.3 Å². The van der Waals surface area contributed by atoms with Gasteiger partial charge in [0.2, 0.25) is 0 Å². The molecule has 0 amide bonds. The van der Waals surface area contributed by atoms with E-state index in [0.717, 1.165) is 24.0 Å². The summed E-state index contributed by atoms with van der Waals surface area (Å²) in [6.45, 7) is 4.19. The van der Waals surface area contributed by atoms with Crippen LogP contribution in [0.5, 0.6) is 0 Å². The Morgan fingerprint density at radius 2 is 2.09 bits per heavy atom. The monoisotopic (exact) mass is 294 g/mol. The molecule has 3 aliphatic carbocycles. The average Bonchev–Trinajstić information content (AvgIpc) is 2.82. The maximum Gasteiger partial charge on any atom is 0.317 e. The van der Waals surface area contributed by atoms with Gasteiger partial charge in [0.1, 0.15) is 6.10 Å². The molecular formula is C19H18O3. The van der Waals surface area contributed by atoms with Gasteiger partial charge in [-0.05, 0) is 60.1 Å². The standard InChI is InChI=1S/C19H18O3/c1-9-5-12(20)7-11-3-4-19-10(2)6-15(22-18(19)21)14-8-13(9)16(11)17(14)19/h3-5,7,10,14-15,17H,6,8H2,1-2H3/t10?,14-,15-,17+,19-/m1/s1. The van der Waals surface area contributed by atoms with Crippen LogP contribution in [-0.4, -0.2) is 12.1 Å². The van der Waals surface area contributed by atoms with Crippen LogP contribution in [0.2, 0.25) is 0 Å². The molecule has 2 bridgehead atoms. The molecule has 1 unspecified atom stereocenters. The van der Waals surface area contributed by atoms with E-state index in [4.69, 9.17) is 4.74 Å². The zero-order valence-electron chi connectivity index (χ0n) is 12.8. The number of carbonyl (C=O) groups excluding carboxylic acids is 1. The summed E-state index contributed by atoms with van der Waals surface area (Å²) in [5, 5.41) is 0. The summed E-state index contributed by atoms with van der Waals surface area (Å²) in [5.41, 5.74) is 4.14. The fourth-order valence-electron chi connectivity index (χ4n) is 5.53. The third kappa shape index (κ3) is 1.21. The third-order valence-corrected chi connectivity index (χ3v) is 6.49. The molecule has 1 aromatic rings. The van der Waals surface area contributed by atoms with Gasteiger partial charge in [-0.25, -0.2) is 0 Å². The largest absolute Gasteiger partial charge is 0.461 e. The predicted molar refractivity (Wildman–Crippen MR) is 82.5 cm³/mol. The van der Waals surface area contributed by atoms with Gasteiger partial charge < -0.3 is 4.74 Å². The van der Waals surface area contributed by atoms with Gasteiger partial charge in [-0.2, -0.15) is 0 Å². The first-order valence-electron chi connectivity index (χ1n) is 8.10. The topological polar surface area (TPSA) is 43.4 Å². The van der Waals surface area contributed by atoms with Crippen molar-refractivity contribution in [2.45, 2.75) is 38.7 Å². The van der Waals surface area contributed by atoms with Crippen LogP contribution in [0.25, 0.3) is 6.08 Å². The van der Waals surface area contributed by atoms with E-state index in [2.05, 4.69) is 6.92 Å². The van der Waals surface area contributed by atoms with Crippen molar-refractivity contribution in [3.8, 4) is 0 Å². The molecule has 2 aliphatic heterocycles. The van der Waals surface area contributed by atoms with Gasteiger partial charge >= 0.3 is 5.97 Å². The van der Waals surface area contributed by atoms with Crippen LogP contribution in [0.15, 0.2) is 23.0 Å². The first-order valence-corrected chi connectivity index (χ1v) is 8.10. The number of ether oxygens (including phenoxy) is 1. The predicted octanol–water partition coefficient (Wildman–Crippen LogP) is 2.59. The molecule has 5 atom stereocenters. The Balaban J connectivity index is 1.89. The minimum Gasteiger partial charge on any atom is -0.461 e. The minimum absolute atomic E-state index is 0.0394. The van der Waals surface area contributed by atoms with Crippen LogP contribution in [0, 0.1) is 24.2 Å². The van der Waals surface area contributed by atoms with Crippen molar-refractivity contribution >= 4 is 12.0 Å². The second-order valence-electron chi connectivity index (χ2n) is 7.41. The molecule has 3 heteroatoms. The summed E-state index contributed by atoms with van der Waals surface area (Å²) in [6.07, 6.45) is 5.96. The van der Waals surface area contributed by atoms with Gasteiger partial charge in [-0.3, -0.25) is 9.59 Å². The van der Waals surface area contributed by atoms with Gasteiger partial charge in [0.05, 0.1) is 5.41 Å². The highest BCUT2D eigenvalue weighted by molar-refractivity contribution is 5.87. The lowest BCUT2D eigenvalue weighted by atomic mass is 9.52. The maximum atomic E-state index is 12.7. The van der Waals surface area contributed by atoms with Crippen LogP contribution in [0.3, 0.4) is 0 Å². The highest BCUT2D eigenvalue weighted by atomic mass is 16.5. The molecule has 1 aromatic carbocycles. The summed E-state index contributed by atoms with van der Waals surface area (Å²) >= 11 is 0. The fraction of sp³-hybridized carbons (Fsp3) is 0.474. The van der Waals surface area contributed by atoms with E-state index in [0.29, 0.717) is 11.8 Å². The molecule has 22 heavy (non-hydrogen) atoms. The van der Waals surface area contributed by atoms with Crippen LogP contribution in [0.1, 0.15) is 41.5 Å². The quantitative estimate of drug-likeness (QED) is 0.691. The lowest BCUT2D eigenvalue weighted by Gasteiger charge is -2.55. The number of hydrogen-bond acceptors (Lipinski definition) is 3. The van der Waals surface area contributed by atoms with Crippen molar-refractivity contribution < 1.29 is 9.53 Å². The van der Waals surface area contributed by atoms with Gasteiger partial charge in [-0.1, -0.05) is 19.1 Å². The van der Waals surface area contributed by atoms with Gasteiger partial charge in [0.25, 0.3) is 0 Å². The molecule has 6 rings (SSSR count). The van der Waals surface area contributed by atoms with Gasteiger partial charge in [0, 0.05) is 11.8 Å². The van der Waals surface area contributed by atoms with Crippen molar-refractivity contribution in [1.29, 1.82) is 0 Å². The molecule has 112 valence electrons. The highest BCUT2D eigenvalue weighted by Crippen LogP contribution is 2.65. The Hall–Kier alpha value is -1.90. The molecule has 2 heterocycles. The summed E-state index contributed by atoms with van der Waals surface area (Å²) in [6, 6.07) is 3.47. The number of rotatable bonds is 0. The number of hydrogen-bond donors (Lipinski definition) is 0. The van der Waals surface area contributed by atoms with E-state index >= 15 is 0 Å². The Morgan fingerprint density at radius 1 is 1.27 bits per heavy atom. The second kappa shape index (κ2) is 3.70. The molecule has 3 nitrogen and oxygen atoms in total. The number of esters is 1. The van der Waals surface area contributed by atoms with E-state index in [1.807, 2.05) is 19.1 Å². The fourth-order valence-corrected chi connectivity index (χ4v) is 5.53. The summed E-state index contributed by atoms with van der Waals surface area (Å²) in [7, 11) is 0.